The maximum Gasteiger partial charge on any atom is 0.253 e. The highest BCUT2D eigenvalue weighted by atomic mass is 16.2. The molecule has 2 rings (SSSR count). The second kappa shape index (κ2) is 5.21. The van der Waals surface area contributed by atoms with Gasteiger partial charge in [-0.1, -0.05) is 19.4 Å². The molecule has 1 aliphatic heterocycles. The summed E-state index contributed by atoms with van der Waals surface area (Å²) in [6.07, 6.45) is 3.24. The molecule has 17 heavy (non-hydrogen) atoms. The van der Waals surface area contributed by atoms with Crippen molar-refractivity contribution in [2.24, 2.45) is 0 Å². The molecular formula is C14H20N2O. The van der Waals surface area contributed by atoms with Crippen LogP contribution in [0.25, 0.3) is 0 Å². The second-order valence-electron chi connectivity index (χ2n) is 4.63. The van der Waals surface area contributed by atoms with Crippen LogP contribution in [0.3, 0.4) is 0 Å². The monoisotopic (exact) mass is 232 g/mol. The largest absolute Gasteiger partial charge is 0.384 e. The Labute approximate surface area is 103 Å². The number of benzene rings is 1. The number of nitrogens with zero attached hydrogens (tertiary/aromatic N) is 1. The molecule has 0 unspecified atom stereocenters. The van der Waals surface area contributed by atoms with Crippen molar-refractivity contribution in [2.75, 3.05) is 25.5 Å². The van der Waals surface area contributed by atoms with Crippen molar-refractivity contribution >= 4 is 11.6 Å². The number of unbranched alkanes of at least 4 members (excludes halogenated alkanes) is 1. The van der Waals surface area contributed by atoms with Gasteiger partial charge in [0, 0.05) is 31.4 Å². The number of hydrogen-bond donors (Lipinski definition) is 1. The Kier molecular flexibility index (Phi) is 3.67. The summed E-state index contributed by atoms with van der Waals surface area (Å²) in [4.78, 5) is 14.0. The second-order valence-corrected chi connectivity index (χ2v) is 4.63. The zero-order chi connectivity index (χ0) is 12.3. The minimum absolute atomic E-state index is 0.120. The number of carbonyl (C=O) groups excluding carboxylic acids is 1. The fourth-order valence-corrected chi connectivity index (χ4v) is 2.14. The van der Waals surface area contributed by atoms with Gasteiger partial charge in [-0.2, -0.15) is 0 Å². The summed E-state index contributed by atoms with van der Waals surface area (Å²) < 4.78 is 0. The van der Waals surface area contributed by atoms with Crippen molar-refractivity contribution in [2.45, 2.75) is 26.2 Å². The number of nitrogens with one attached hydrogen (secondary N) is 1. The van der Waals surface area contributed by atoms with Crippen LogP contribution in [0.4, 0.5) is 5.69 Å². The van der Waals surface area contributed by atoms with E-state index in [4.69, 9.17) is 0 Å². The van der Waals surface area contributed by atoms with Gasteiger partial charge in [-0.25, -0.2) is 0 Å². The fraction of sp³-hybridized carbons (Fsp3) is 0.500. The van der Waals surface area contributed by atoms with Crippen molar-refractivity contribution in [3.63, 3.8) is 0 Å². The van der Waals surface area contributed by atoms with Crippen LogP contribution in [0.5, 0.6) is 0 Å². The Balaban J connectivity index is 2.09. The average Bonchev–Trinajstić information content (AvgIpc) is 2.81. The van der Waals surface area contributed by atoms with Gasteiger partial charge >= 0.3 is 0 Å². The van der Waals surface area contributed by atoms with Crippen LogP contribution in [0, 0.1) is 0 Å². The molecule has 0 aromatic heterocycles. The van der Waals surface area contributed by atoms with Crippen LogP contribution in [-0.4, -0.2) is 30.9 Å². The summed E-state index contributed by atoms with van der Waals surface area (Å²) >= 11 is 0. The maximum absolute atomic E-state index is 12.1. The van der Waals surface area contributed by atoms with E-state index in [-0.39, 0.29) is 5.91 Å². The predicted molar refractivity (Wildman–Crippen MR) is 70.5 cm³/mol. The Hall–Kier alpha value is -1.51. The third-order valence-corrected chi connectivity index (χ3v) is 3.26. The lowest BCUT2D eigenvalue weighted by Crippen LogP contribution is -2.27. The molecule has 0 saturated carbocycles. The molecule has 92 valence electrons. The normalized spacial score (nSPS) is 13.1. The highest BCUT2D eigenvalue weighted by molar-refractivity contribution is 5.95. The number of anilines is 1. The van der Waals surface area contributed by atoms with E-state index in [1.165, 1.54) is 5.56 Å². The van der Waals surface area contributed by atoms with E-state index in [9.17, 15) is 4.79 Å². The Bertz CT molecular complexity index is 415. The Morgan fingerprint density at radius 3 is 3.06 bits per heavy atom. The highest BCUT2D eigenvalue weighted by Gasteiger charge is 2.15. The average molecular weight is 232 g/mol. The molecule has 0 spiro atoms. The smallest absolute Gasteiger partial charge is 0.253 e. The van der Waals surface area contributed by atoms with Crippen LogP contribution < -0.4 is 5.32 Å². The third kappa shape index (κ3) is 2.60. The van der Waals surface area contributed by atoms with Gasteiger partial charge in [0.05, 0.1) is 0 Å². The molecule has 0 fully saturated rings. The van der Waals surface area contributed by atoms with Gasteiger partial charge in [0.1, 0.15) is 0 Å². The molecular weight excluding hydrogens is 212 g/mol. The summed E-state index contributed by atoms with van der Waals surface area (Å²) in [5, 5.41) is 3.31. The highest BCUT2D eigenvalue weighted by Crippen LogP contribution is 2.23. The summed E-state index contributed by atoms with van der Waals surface area (Å²) in [6, 6.07) is 5.99. The van der Waals surface area contributed by atoms with Gasteiger partial charge < -0.3 is 10.2 Å². The summed E-state index contributed by atoms with van der Waals surface area (Å²) in [6.45, 7) is 3.95. The number of hydrogen-bond acceptors (Lipinski definition) is 2. The first-order chi connectivity index (χ1) is 8.22. The Morgan fingerprint density at radius 1 is 1.47 bits per heavy atom. The van der Waals surface area contributed by atoms with Gasteiger partial charge in [0.15, 0.2) is 0 Å². The third-order valence-electron chi connectivity index (χ3n) is 3.26. The number of fused-ring (bicyclic) bond motifs is 1. The summed E-state index contributed by atoms with van der Waals surface area (Å²) in [7, 11) is 1.87. The van der Waals surface area contributed by atoms with Crippen molar-refractivity contribution in [3.8, 4) is 0 Å². The SMILES string of the molecule is CCCCN(C)C(=O)c1ccc2c(c1)NCC2. The lowest BCUT2D eigenvalue weighted by atomic mass is 10.1. The summed E-state index contributed by atoms with van der Waals surface area (Å²) in [5.41, 5.74) is 3.23. The first-order valence-corrected chi connectivity index (χ1v) is 6.34. The zero-order valence-electron chi connectivity index (χ0n) is 10.6. The van der Waals surface area contributed by atoms with E-state index >= 15 is 0 Å². The standard InChI is InChI=1S/C14H20N2O/c1-3-4-9-16(2)14(17)12-6-5-11-7-8-15-13(11)10-12/h5-6,10,15H,3-4,7-9H2,1-2H3. The molecule has 3 nitrogen and oxygen atoms in total. The van der Waals surface area contributed by atoms with Gasteiger partial charge in [-0.05, 0) is 30.5 Å². The molecule has 3 heteroatoms. The first-order valence-electron chi connectivity index (χ1n) is 6.34. The number of rotatable bonds is 4. The van der Waals surface area contributed by atoms with E-state index in [1.807, 2.05) is 19.2 Å². The van der Waals surface area contributed by atoms with Crippen LogP contribution in [0.1, 0.15) is 35.7 Å². The van der Waals surface area contributed by atoms with Crippen molar-refractivity contribution in [1.82, 2.24) is 4.90 Å². The van der Waals surface area contributed by atoms with Crippen molar-refractivity contribution < 1.29 is 4.79 Å². The van der Waals surface area contributed by atoms with E-state index in [1.54, 1.807) is 4.90 Å². The molecule has 0 radical (unpaired) electrons. The molecule has 1 amide bonds. The lowest BCUT2D eigenvalue weighted by Gasteiger charge is -2.17. The molecule has 1 heterocycles. The van der Waals surface area contributed by atoms with Gasteiger partial charge in [-0.3, -0.25) is 4.79 Å². The predicted octanol–water partition coefficient (Wildman–Crippen LogP) is 2.53. The van der Waals surface area contributed by atoms with Gasteiger partial charge in [0.2, 0.25) is 0 Å². The van der Waals surface area contributed by atoms with Crippen LogP contribution in [-0.2, 0) is 6.42 Å². The van der Waals surface area contributed by atoms with E-state index in [2.05, 4.69) is 18.3 Å². The van der Waals surface area contributed by atoms with Crippen molar-refractivity contribution in [1.29, 1.82) is 0 Å². The molecule has 1 aliphatic rings. The van der Waals surface area contributed by atoms with Crippen LogP contribution in [0.2, 0.25) is 0 Å². The molecule has 0 atom stereocenters. The lowest BCUT2D eigenvalue weighted by molar-refractivity contribution is 0.0793. The molecule has 1 N–H and O–H groups in total. The van der Waals surface area contributed by atoms with E-state index < -0.39 is 0 Å². The molecule has 1 aromatic carbocycles. The first kappa shape index (κ1) is 12.0. The minimum atomic E-state index is 0.120. The molecule has 0 aliphatic carbocycles. The van der Waals surface area contributed by atoms with E-state index in [0.717, 1.165) is 43.6 Å². The Morgan fingerprint density at radius 2 is 2.29 bits per heavy atom. The van der Waals surface area contributed by atoms with Crippen LogP contribution in [0.15, 0.2) is 18.2 Å². The fourth-order valence-electron chi connectivity index (χ4n) is 2.14. The molecule has 0 bridgehead atoms. The van der Waals surface area contributed by atoms with Crippen molar-refractivity contribution in [3.05, 3.63) is 29.3 Å². The van der Waals surface area contributed by atoms with Crippen LogP contribution >= 0.6 is 0 Å². The minimum Gasteiger partial charge on any atom is -0.384 e. The van der Waals surface area contributed by atoms with Gasteiger partial charge in [-0.15, -0.1) is 0 Å². The van der Waals surface area contributed by atoms with Gasteiger partial charge in [0.25, 0.3) is 5.91 Å². The quantitative estimate of drug-likeness (QED) is 0.865. The maximum atomic E-state index is 12.1. The zero-order valence-corrected chi connectivity index (χ0v) is 10.6. The number of carbonyl (C=O) groups is 1. The molecule has 0 saturated heterocycles. The summed E-state index contributed by atoms with van der Waals surface area (Å²) in [5.74, 6) is 0.120. The topological polar surface area (TPSA) is 32.3 Å². The van der Waals surface area contributed by atoms with E-state index in [0.29, 0.717) is 0 Å². The number of amides is 1. The molecule has 1 aromatic rings.